The van der Waals surface area contributed by atoms with Crippen LogP contribution in [-0.4, -0.2) is 12.9 Å². The molecule has 1 atom stereocenters. The molecular formula is C12H14O2. The molecular weight excluding hydrogens is 176 g/mol. The lowest BCUT2D eigenvalue weighted by Crippen LogP contribution is -2.41. The normalized spacial score (nSPS) is 25.7. The standard InChI is InChI=1S/C12H14O2/c1-12(8-7-11(12)13)9-3-5-10(14-2)6-4-9/h3-6H,7-8H2,1-2H3. The Hall–Kier alpha value is -1.31. The molecule has 1 aromatic carbocycles. The molecule has 0 aromatic heterocycles. The van der Waals surface area contributed by atoms with E-state index in [0.29, 0.717) is 5.78 Å². The maximum absolute atomic E-state index is 11.5. The first-order valence-electron chi connectivity index (χ1n) is 4.84. The molecule has 0 spiro atoms. The van der Waals surface area contributed by atoms with Gasteiger partial charge >= 0.3 is 0 Å². The Balaban J connectivity index is 2.29. The Morgan fingerprint density at radius 3 is 2.29 bits per heavy atom. The number of carbonyl (C=O) groups is 1. The minimum atomic E-state index is -0.230. The monoisotopic (exact) mass is 190 g/mol. The highest BCUT2D eigenvalue weighted by molar-refractivity contribution is 5.95. The average Bonchev–Trinajstić information content (AvgIpc) is 2.26. The van der Waals surface area contributed by atoms with Crippen molar-refractivity contribution in [3.8, 4) is 5.75 Å². The topological polar surface area (TPSA) is 26.3 Å². The molecule has 1 aliphatic carbocycles. The van der Waals surface area contributed by atoms with Gasteiger partial charge in [0.05, 0.1) is 12.5 Å². The molecule has 2 rings (SSSR count). The van der Waals surface area contributed by atoms with Crippen LogP contribution in [0.2, 0.25) is 0 Å². The largest absolute Gasteiger partial charge is 0.497 e. The van der Waals surface area contributed by atoms with Crippen molar-refractivity contribution in [1.82, 2.24) is 0 Å². The van der Waals surface area contributed by atoms with E-state index in [4.69, 9.17) is 4.74 Å². The van der Waals surface area contributed by atoms with Crippen LogP contribution < -0.4 is 4.74 Å². The van der Waals surface area contributed by atoms with Crippen LogP contribution in [0.5, 0.6) is 5.75 Å². The van der Waals surface area contributed by atoms with Crippen LogP contribution in [-0.2, 0) is 10.2 Å². The molecule has 1 saturated carbocycles. The van der Waals surface area contributed by atoms with E-state index in [0.717, 1.165) is 24.2 Å². The summed E-state index contributed by atoms with van der Waals surface area (Å²) in [6.45, 7) is 2.01. The number of hydrogen-bond acceptors (Lipinski definition) is 2. The molecule has 14 heavy (non-hydrogen) atoms. The van der Waals surface area contributed by atoms with Gasteiger partial charge in [-0.3, -0.25) is 4.79 Å². The Morgan fingerprint density at radius 1 is 1.29 bits per heavy atom. The van der Waals surface area contributed by atoms with Gasteiger partial charge in [0.25, 0.3) is 0 Å². The second-order valence-corrected chi connectivity index (χ2v) is 3.98. The number of rotatable bonds is 2. The molecule has 0 amide bonds. The van der Waals surface area contributed by atoms with Crippen LogP contribution in [0, 0.1) is 0 Å². The van der Waals surface area contributed by atoms with Crippen molar-refractivity contribution < 1.29 is 9.53 Å². The van der Waals surface area contributed by atoms with Crippen molar-refractivity contribution in [2.75, 3.05) is 7.11 Å². The van der Waals surface area contributed by atoms with Gasteiger partial charge in [0.15, 0.2) is 0 Å². The fourth-order valence-corrected chi connectivity index (χ4v) is 1.87. The summed E-state index contributed by atoms with van der Waals surface area (Å²) in [4.78, 5) is 11.5. The van der Waals surface area contributed by atoms with Gasteiger partial charge in [-0.2, -0.15) is 0 Å². The minimum absolute atomic E-state index is 0.230. The molecule has 1 fully saturated rings. The molecule has 0 bridgehead atoms. The minimum Gasteiger partial charge on any atom is -0.497 e. The van der Waals surface area contributed by atoms with Gasteiger partial charge in [0, 0.05) is 6.42 Å². The van der Waals surface area contributed by atoms with Gasteiger partial charge in [-0.1, -0.05) is 12.1 Å². The summed E-state index contributed by atoms with van der Waals surface area (Å²) in [5.41, 5.74) is 0.876. The molecule has 0 N–H and O–H groups in total. The summed E-state index contributed by atoms with van der Waals surface area (Å²) in [5, 5.41) is 0. The van der Waals surface area contributed by atoms with E-state index in [1.165, 1.54) is 0 Å². The van der Waals surface area contributed by atoms with E-state index in [-0.39, 0.29) is 5.41 Å². The number of carbonyl (C=O) groups excluding carboxylic acids is 1. The Bertz CT molecular complexity index is 353. The van der Waals surface area contributed by atoms with Gasteiger partial charge in [-0.05, 0) is 31.0 Å². The highest BCUT2D eigenvalue weighted by Gasteiger charge is 2.42. The summed E-state index contributed by atoms with van der Waals surface area (Å²) in [7, 11) is 1.64. The number of Topliss-reactive ketones (excluding diaryl/α,β-unsaturated/α-hetero) is 1. The third-order valence-corrected chi connectivity index (χ3v) is 3.19. The predicted octanol–water partition coefficient (Wildman–Crippen LogP) is 2.32. The number of ketones is 1. The van der Waals surface area contributed by atoms with Gasteiger partial charge in [0.1, 0.15) is 11.5 Å². The second kappa shape index (κ2) is 3.12. The van der Waals surface area contributed by atoms with Gasteiger partial charge in [-0.25, -0.2) is 0 Å². The van der Waals surface area contributed by atoms with Gasteiger partial charge in [-0.15, -0.1) is 0 Å². The van der Waals surface area contributed by atoms with Crippen molar-refractivity contribution in [1.29, 1.82) is 0 Å². The van der Waals surface area contributed by atoms with E-state index < -0.39 is 0 Å². The molecule has 0 radical (unpaired) electrons. The van der Waals surface area contributed by atoms with Crippen LogP contribution in [0.4, 0.5) is 0 Å². The maximum Gasteiger partial charge on any atom is 0.143 e. The zero-order valence-corrected chi connectivity index (χ0v) is 8.54. The van der Waals surface area contributed by atoms with Gasteiger partial charge in [0.2, 0.25) is 0 Å². The molecule has 2 heteroatoms. The van der Waals surface area contributed by atoms with E-state index in [1.54, 1.807) is 7.11 Å². The second-order valence-electron chi connectivity index (χ2n) is 3.98. The molecule has 74 valence electrons. The van der Waals surface area contributed by atoms with Crippen LogP contribution in [0.3, 0.4) is 0 Å². The number of benzene rings is 1. The van der Waals surface area contributed by atoms with Gasteiger partial charge < -0.3 is 4.74 Å². The summed E-state index contributed by atoms with van der Waals surface area (Å²) in [6, 6.07) is 7.78. The first kappa shape index (κ1) is 9.25. The molecule has 0 aliphatic heterocycles. The fourth-order valence-electron chi connectivity index (χ4n) is 1.87. The average molecular weight is 190 g/mol. The summed E-state index contributed by atoms with van der Waals surface area (Å²) >= 11 is 0. The smallest absolute Gasteiger partial charge is 0.143 e. The van der Waals surface area contributed by atoms with Crippen molar-refractivity contribution >= 4 is 5.78 Å². The van der Waals surface area contributed by atoms with Crippen LogP contribution in [0.1, 0.15) is 25.3 Å². The quantitative estimate of drug-likeness (QED) is 0.715. The summed E-state index contributed by atoms with van der Waals surface area (Å²) in [6.07, 6.45) is 1.70. The zero-order valence-electron chi connectivity index (χ0n) is 8.54. The lowest BCUT2D eigenvalue weighted by molar-refractivity contribution is -0.130. The third-order valence-electron chi connectivity index (χ3n) is 3.19. The lowest BCUT2D eigenvalue weighted by Gasteiger charge is -2.36. The van der Waals surface area contributed by atoms with Crippen molar-refractivity contribution in [3.05, 3.63) is 29.8 Å². The SMILES string of the molecule is COc1ccc(C2(C)CCC2=O)cc1. The lowest BCUT2D eigenvalue weighted by atomic mass is 9.65. The number of methoxy groups -OCH3 is 1. The number of hydrogen-bond donors (Lipinski definition) is 0. The van der Waals surface area contributed by atoms with E-state index in [1.807, 2.05) is 31.2 Å². The summed E-state index contributed by atoms with van der Waals surface area (Å²) < 4.78 is 5.08. The molecule has 1 aliphatic rings. The zero-order chi connectivity index (χ0) is 10.2. The van der Waals surface area contributed by atoms with Crippen LogP contribution in [0.25, 0.3) is 0 Å². The summed E-state index contributed by atoms with van der Waals surface area (Å²) in [5.74, 6) is 1.19. The van der Waals surface area contributed by atoms with Crippen LogP contribution in [0.15, 0.2) is 24.3 Å². The molecule has 0 heterocycles. The molecule has 0 saturated heterocycles. The Kier molecular flexibility index (Phi) is 2.06. The Morgan fingerprint density at radius 2 is 1.93 bits per heavy atom. The van der Waals surface area contributed by atoms with Crippen LogP contribution >= 0.6 is 0 Å². The third kappa shape index (κ3) is 1.22. The highest BCUT2D eigenvalue weighted by atomic mass is 16.5. The van der Waals surface area contributed by atoms with Crippen molar-refractivity contribution in [3.63, 3.8) is 0 Å². The first-order valence-corrected chi connectivity index (χ1v) is 4.84. The molecule has 1 aromatic rings. The highest BCUT2D eigenvalue weighted by Crippen LogP contribution is 2.40. The van der Waals surface area contributed by atoms with E-state index >= 15 is 0 Å². The van der Waals surface area contributed by atoms with E-state index in [9.17, 15) is 4.79 Å². The molecule has 2 nitrogen and oxygen atoms in total. The molecule has 1 unspecified atom stereocenters. The maximum atomic E-state index is 11.5. The van der Waals surface area contributed by atoms with Crippen molar-refractivity contribution in [2.24, 2.45) is 0 Å². The predicted molar refractivity (Wildman–Crippen MR) is 54.6 cm³/mol. The Labute approximate surface area is 83.9 Å². The van der Waals surface area contributed by atoms with Crippen molar-refractivity contribution in [2.45, 2.75) is 25.2 Å². The van der Waals surface area contributed by atoms with E-state index in [2.05, 4.69) is 0 Å². The first-order chi connectivity index (χ1) is 6.66. The number of ether oxygens (including phenoxy) is 1. The fraction of sp³-hybridized carbons (Fsp3) is 0.417.